The van der Waals surface area contributed by atoms with Gasteiger partial charge in [0.2, 0.25) is 5.88 Å². The molecule has 0 fully saturated rings. The first kappa shape index (κ1) is 23.8. The van der Waals surface area contributed by atoms with Crippen LogP contribution in [0.1, 0.15) is 12.6 Å². The molecule has 0 aliphatic heterocycles. The molecule has 1 atom stereocenters. The molecule has 1 N–H and O–H groups in total. The molecule has 13 heteroatoms. The van der Waals surface area contributed by atoms with E-state index in [1.54, 1.807) is 41.0 Å². The van der Waals surface area contributed by atoms with Gasteiger partial charge in [-0.05, 0) is 25.1 Å². The number of imidazole rings is 1. The maximum atomic E-state index is 11.0. The zero-order valence-corrected chi connectivity index (χ0v) is 20.0. The number of hydrogen-bond acceptors (Lipinski definition) is 9. The minimum Gasteiger partial charge on any atom is -0.760 e. The van der Waals surface area contributed by atoms with Crippen LogP contribution in [-0.4, -0.2) is 54.1 Å². The summed E-state index contributed by atoms with van der Waals surface area (Å²) in [5, 5.41) is 0.0182. The van der Waals surface area contributed by atoms with Crippen molar-refractivity contribution in [2.24, 2.45) is 0 Å². The molecule has 3 heterocycles. The summed E-state index contributed by atoms with van der Waals surface area (Å²) in [6.45, 7) is 2.16. The number of pyridine rings is 1. The van der Waals surface area contributed by atoms with E-state index in [9.17, 15) is 8.76 Å². The normalized spacial score (nSPS) is 12.0. The Bertz CT molecular complexity index is 1340. The van der Waals surface area contributed by atoms with Gasteiger partial charge in [-0.1, -0.05) is 23.7 Å². The van der Waals surface area contributed by atoms with Gasteiger partial charge >= 0.3 is 0 Å². The largest absolute Gasteiger partial charge is 0.760 e. The first-order valence-corrected chi connectivity index (χ1v) is 11.5. The Morgan fingerprint density at radius 3 is 2.41 bits per heavy atom. The highest BCUT2D eigenvalue weighted by Crippen LogP contribution is 2.38. The predicted molar refractivity (Wildman–Crippen MR) is 125 cm³/mol. The summed E-state index contributed by atoms with van der Waals surface area (Å²) >= 11 is 3.77. The van der Waals surface area contributed by atoms with E-state index in [1.165, 1.54) is 14.2 Å². The zero-order valence-electron chi connectivity index (χ0n) is 18.4. The van der Waals surface area contributed by atoms with Gasteiger partial charge in [0.25, 0.3) is 0 Å². The van der Waals surface area contributed by atoms with Crippen LogP contribution in [-0.2, 0) is 17.8 Å². The molecule has 11 nitrogen and oxygen atoms in total. The van der Waals surface area contributed by atoms with Crippen molar-refractivity contribution in [3.8, 4) is 34.6 Å². The molecule has 1 unspecified atom stereocenters. The van der Waals surface area contributed by atoms with Crippen LogP contribution < -0.4 is 18.9 Å². The lowest BCUT2D eigenvalue weighted by molar-refractivity contribution is 0.327. The molecule has 0 saturated carbocycles. The van der Waals surface area contributed by atoms with E-state index in [2.05, 4.69) is 24.7 Å². The minimum atomic E-state index is -2.50. The Balaban J connectivity index is 2.05. The summed E-state index contributed by atoms with van der Waals surface area (Å²) in [5.41, 5.74) is 1.74. The van der Waals surface area contributed by atoms with E-state index in [4.69, 9.17) is 25.8 Å². The predicted octanol–water partition coefficient (Wildman–Crippen LogP) is 2.83. The number of para-hydroxylation sites is 1. The average Bonchev–Trinajstić information content (AvgIpc) is 3.19. The van der Waals surface area contributed by atoms with Crippen LogP contribution >= 0.6 is 11.6 Å². The number of aromatic nitrogens is 5. The average molecular weight is 504 g/mol. The third-order valence-electron chi connectivity index (χ3n) is 4.75. The Kier molecular flexibility index (Phi) is 7.22. The molecule has 0 radical (unpaired) electrons. The van der Waals surface area contributed by atoms with Gasteiger partial charge in [0.15, 0.2) is 22.3 Å². The van der Waals surface area contributed by atoms with Crippen LogP contribution in [0, 0.1) is 0 Å². The van der Waals surface area contributed by atoms with Gasteiger partial charge < -0.3 is 18.8 Å². The van der Waals surface area contributed by atoms with Crippen LogP contribution in [0.2, 0.25) is 5.15 Å². The third-order valence-corrected chi connectivity index (χ3v) is 5.43. The molecule has 3 aromatic heterocycles. The summed E-state index contributed by atoms with van der Waals surface area (Å²) in [5.74, 6) is 1.77. The fourth-order valence-corrected chi connectivity index (χ4v) is 3.79. The SMILES string of the molecule is CCOc1cccc(-c2nc3nc(Cl)c(CNS(=O)[O-])nc3n2-c2c(OC)cccc2OC)n1. The van der Waals surface area contributed by atoms with E-state index >= 15 is 0 Å². The summed E-state index contributed by atoms with van der Waals surface area (Å²) in [7, 11) is 3.07. The van der Waals surface area contributed by atoms with E-state index in [-0.39, 0.29) is 23.0 Å². The van der Waals surface area contributed by atoms with Crippen molar-refractivity contribution in [2.75, 3.05) is 20.8 Å². The number of halogens is 1. The highest BCUT2D eigenvalue weighted by molar-refractivity contribution is 7.77. The summed E-state index contributed by atoms with van der Waals surface area (Å²) < 4.78 is 42.7. The molecule has 0 saturated heterocycles. The number of methoxy groups -OCH3 is 2. The molecule has 4 rings (SSSR count). The Hall–Kier alpha value is -3.32. The van der Waals surface area contributed by atoms with E-state index in [0.29, 0.717) is 46.8 Å². The van der Waals surface area contributed by atoms with E-state index in [0.717, 1.165) is 0 Å². The standard InChI is InChI=1S/C21H21ClN6O5S/c1-4-33-16-10-5-7-12(24-16)20-27-19-21(25-13(18(22)26-19)11-23-34(29)30)28(20)17-14(31-2)8-6-9-15(17)32-3/h5-10,23H,4,11H2,1-3H3,(H,29,30)/p-1. The van der Waals surface area contributed by atoms with Crippen molar-refractivity contribution in [2.45, 2.75) is 13.5 Å². The molecule has 1 aromatic carbocycles. The van der Waals surface area contributed by atoms with Crippen molar-refractivity contribution < 1.29 is 23.0 Å². The zero-order chi connectivity index (χ0) is 24.2. The molecule has 0 bridgehead atoms. The number of ether oxygens (including phenoxy) is 3. The Labute approximate surface area is 202 Å². The summed E-state index contributed by atoms with van der Waals surface area (Å²) in [6.07, 6.45) is 0. The molecular formula is C21H20ClN6O5S-. The molecule has 178 valence electrons. The lowest BCUT2D eigenvalue weighted by Gasteiger charge is -2.16. The number of rotatable bonds is 9. The maximum absolute atomic E-state index is 11.0. The van der Waals surface area contributed by atoms with Gasteiger partial charge in [0.05, 0.1) is 33.1 Å². The number of fused-ring (bicyclic) bond motifs is 1. The van der Waals surface area contributed by atoms with Gasteiger partial charge in [-0.25, -0.2) is 24.7 Å². The Morgan fingerprint density at radius 2 is 1.76 bits per heavy atom. The number of nitrogens with zero attached hydrogens (tertiary/aromatic N) is 5. The molecule has 0 amide bonds. The second-order valence-corrected chi connectivity index (χ2v) is 7.86. The minimum absolute atomic E-state index is 0.0182. The van der Waals surface area contributed by atoms with Crippen molar-refractivity contribution in [1.82, 2.24) is 29.2 Å². The second kappa shape index (κ2) is 10.3. The molecule has 0 spiro atoms. The van der Waals surface area contributed by atoms with Crippen molar-refractivity contribution in [3.63, 3.8) is 0 Å². The second-order valence-electron chi connectivity index (χ2n) is 6.74. The smallest absolute Gasteiger partial charge is 0.213 e. The van der Waals surface area contributed by atoms with Crippen LogP contribution in [0.3, 0.4) is 0 Å². The molecule has 0 aliphatic rings. The fourth-order valence-electron chi connectivity index (χ4n) is 3.35. The maximum Gasteiger partial charge on any atom is 0.213 e. The topological polar surface area (TPSA) is 136 Å². The lowest BCUT2D eigenvalue weighted by Crippen LogP contribution is -2.17. The van der Waals surface area contributed by atoms with E-state index in [1.807, 2.05) is 6.92 Å². The first-order chi connectivity index (χ1) is 16.5. The lowest BCUT2D eigenvalue weighted by atomic mass is 10.2. The number of nitrogens with one attached hydrogen (secondary N) is 1. The van der Waals surface area contributed by atoms with Gasteiger partial charge in [-0.15, -0.1) is 0 Å². The van der Waals surface area contributed by atoms with Crippen LogP contribution in [0.4, 0.5) is 0 Å². The van der Waals surface area contributed by atoms with Crippen LogP contribution in [0.15, 0.2) is 36.4 Å². The quantitative estimate of drug-likeness (QED) is 0.342. The van der Waals surface area contributed by atoms with E-state index < -0.39 is 11.3 Å². The van der Waals surface area contributed by atoms with Gasteiger partial charge in [-0.2, -0.15) is 0 Å². The molecular weight excluding hydrogens is 484 g/mol. The van der Waals surface area contributed by atoms with Gasteiger partial charge in [0.1, 0.15) is 22.9 Å². The molecule has 4 aromatic rings. The van der Waals surface area contributed by atoms with Gasteiger partial charge in [-0.3, -0.25) is 8.78 Å². The van der Waals surface area contributed by atoms with Crippen molar-refractivity contribution >= 4 is 34.2 Å². The summed E-state index contributed by atoms with van der Waals surface area (Å²) in [4.78, 5) is 18.1. The fraction of sp³-hybridized carbons (Fsp3) is 0.238. The summed E-state index contributed by atoms with van der Waals surface area (Å²) in [6, 6.07) is 10.6. The van der Waals surface area contributed by atoms with Gasteiger partial charge in [0, 0.05) is 17.3 Å². The molecule has 0 aliphatic carbocycles. The Morgan fingerprint density at radius 1 is 1.06 bits per heavy atom. The number of hydrogen-bond donors (Lipinski definition) is 1. The first-order valence-electron chi connectivity index (χ1n) is 10.1. The van der Waals surface area contributed by atoms with Crippen molar-refractivity contribution in [3.05, 3.63) is 47.2 Å². The monoisotopic (exact) mass is 503 g/mol. The third kappa shape index (κ3) is 4.66. The van der Waals surface area contributed by atoms with Crippen molar-refractivity contribution in [1.29, 1.82) is 0 Å². The van der Waals surface area contributed by atoms with Crippen LogP contribution in [0.25, 0.3) is 28.5 Å². The highest BCUT2D eigenvalue weighted by Gasteiger charge is 2.24. The number of benzene rings is 1. The molecule has 34 heavy (non-hydrogen) atoms. The van der Waals surface area contributed by atoms with Crippen LogP contribution in [0.5, 0.6) is 17.4 Å². The highest BCUT2D eigenvalue weighted by atomic mass is 35.5.